The first-order valence-electron chi connectivity index (χ1n) is 9.56. The van der Waals surface area contributed by atoms with Crippen LogP contribution >= 0.6 is 0 Å². The molecule has 0 saturated carbocycles. The molecule has 0 bridgehead atoms. The Kier molecular flexibility index (Phi) is 5.43. The van der Waals surface area contributed by atoms with E-state index in [9.17, 15) is 14.4 Å². The van der Waals surface area contributed by atoms with Gasteiger partial charge in [0.2, 0.25) is 0 Å². The zero-order valence-corrected chi connectivity index (χ0v) is 17.1. The third kappa shape index (κ3) is 2.80. The number of imide groups is 1. The van der Waals surface area contributed by atoms with Gasteiger partial charge < -0.3 is 10.1 Å². The van der Waals surface area contributed by atoms with Crippen molar-refractivity contribution < 1.29 is 19.1 Å². The van der Waals surface area contributed by atoms with Gasteiger partial charge in [-0.15, -0.1) is 0 Å². The molecule has 0 aromatic rings. The molecule has 4 atom stereocenters. The second-order valence-corrected chi connectivity index (χ2v) is 8.12. The van der Waals surface area contributed by atoms with Crippen molar-refractivity contribution in [3.8, 4) is 0 Å². The fourth-order valence-corrected chi connectivity index (χ4v) is 4.75. The summed E-state index contributed by atoms with van der Waals surface area (Å²) >= 11 is 0. The highest BCUT2D eigenvalue weighted by molar-refractivity contribution is 6.09. The number of piperidine rings is 1. The van der Waals surface area contributed by atoms with E-state index in [1.807, 2.05) is 6.92 Å². The van der Waals surface area contributed by atoms with Crippen LogP contribution in [-0.2, 0) is 14.3 Å². The van der Waals surface area contributed by atoms with E-state index in [0.29, 0.717) is 6.42 Å². The molecule has 7 heteroatoms. The summed E-state index contributed by atoms with van der Waals surface area (Å²) in [5, 5.41) is 2.97. The highest BCUT2D eigenvalue weighted by Crippen LogP contribution is 2.51. The summed E-state index contributed by atoms with van der Waals surface area (Å²) in [6.07, 6.45) is 2.23. The molecule has 2 saturated heterocycles. The van der Waals surface area contributed by atoms with Crippen molar-refractivity contribution in [1.29, 1.82) is 0 Å². The van der Waals surface area contributed by atoms with Gasteiger partial charge in [-0.1, -0.05) is 20.8 Å². The van der Waals surface area contributed by atoms with E-state index in [-0.39, 0.29) is 36.1 Å². The summed E-state index contributed by atoms with van der Waals surface area (Å²) in [7, 11) is 2.11. The van der Waals surface area contributed by atoms with Crippen LogP contribution in [0.25, 0.3) is 0 Å². The van der Waals surface area contributed by atoms with Crippen molar-refractivity contribution in [2.45, 2.75) is 77.4 Å². The Morgan fingerprint density at radius 3 is 2.35 bits per heavy atom. The van der Waals surface area contributed by atoms with Crippen molar-refractivity contribution in [2.24, 2.45) is 5.92 Å². The summed E-state index contributed by atoms with van der Waals surface area (Å²) in [6.45, 7) is 12.1. The molecule has 2 aliphatic rings. The maximum atomic E-state index is 13.4. The standard InChI is InChI=1S/C19H33N3O4/c1-8-17(5)12-19(13(4)18(6,9-2)21(17)7)15(24)22(16(25)20-19)11-14(23)26-10-3/h13H,8-12H2,1-7H3,(H,20,25). The summed E-state index contributed by atoms with van der Waals surface area (Å²) in [5.74, 6) is -0.978. The molecule has 26 heavy (non-hydrogen) atoms. The molecule has 1 spiro atoms. The molecule has 4 unspecified atom stereocenters. The number of hydrogen-bond donors (Lipinski definition) is 1. The summed E-state index contributed by atoms with van der Waals surface area (Å²) in [6, 6.07) is -0.503. The van der Waals surface area contributed by atoms with Gasteiger partial charge in [-0.3, -0.25) is 19.4 Å². The lowest BCUT2D eigenvalue weighted by atomic mass is 9.60. The lowest BCUT2D eigenvalue weighted by Gasteiger charge is -2.62. The topological polar surface area (TPSA) is 79.0 Å². The third-order valence-corrected chi connectivity index (χ3v) is 7.18. The van der Waals surface area contributed by atoms with E-state index in [2.05, 4.69) is 45.0 Å². The zero-order chi connectivity index (χ0) is 19.9. The second-order valence-electron chi connectivity index (χ2n) is 8.12. The summed E-state index contributed by atoms with van der Waals surface area (Å²) in [4.78, 5) is 41.2. The predicted molar refractivity (Wildman–Crippen MR) is 98.5 cm³/mol. The molecule has 0 radical (unpaired) electrons. The minimum atomic E-state index is -0.994. The van der Waals surface area contributed by atoms with Gasteiger partial charge in [0.15, 0.2) is 0 Å². The Morgan fingerprint density at radius 2 is 1.85 bits per heavy atom. The zero-order valence-electron chi connectivity index (χ0n) is 17.1. The van der Waals surface area contributed by atoms with Crippen LogP contribution in [0, 0.1) is 5.92 Å². The molecule has 7 nitrogen and oxygen atoms in total. The number of likely N-dealkylation sites (tertiary alicyclic amines) is 1. The van der Waals surface area contributed by atoms with Gasteiger partial charge in [-0.05, 0) is 47.1 Å². The molecule has 0 aromatic carbocycles. The maximum absolute atomic E-state index is 13.4. The Balaban J connectivity index is 2.45. The van der Waals surface area contributed by atoms with E-state index < -0.39 is 17.5 Å². The number of ether oxygens (including phenoxy) is 1. The molecule has 1 N–H and O–H groups in total. The number of urea groups is 1. The van der Waals surface area contributed by atoms with E-state index in [4.69, 9.17) is 4.74 Å². The van der Waals surface area contributed by atoms with Gasteiger partial charge in [0.1, 0.15) is 12.1 Å². The summed E-state index contributed by atoms with van der Waals surface area (Å²) < 4.78 is 4.92. The van der Waals surface area contributed by atoms with Gasteiger partial charge in [0, 0.05) is 17.0 Å². The molecule has 0 aliphatic carbocycles. The first-order valence-corrected chi connectivity index (χ1v) is 9.56. The Hall–Kier alpha value is -1.63. The van der Waals surface area contributed by atoms with Crippen LogP contribution in [0.15, 0.2) is 0 Å². The Bertz CT molecular complexity index is 610. The number of esters is 1. The minimum Gasteiger partial charge on any atom is -0.465 e. The highest BCUT2D eigenvalue weighted by Gasteiger charge is 2.65. The normalized spacial score (nSPS) is 38.0. The van der Waals surface area contributed by atoms with Crippen LogP contribution < -0.4 is 5.32 Å². The lowest BCUT2D eigenvalue weighted by Crippen LogP contribution is -2.74. The fourth-order valence-electron chi connectivity index (χ4n) is 4.75. The monoisotopic (exact) mass is 367 g/mol. The number of rotatable bonds is 5. The van der Waals surface area contributed by atoms with Crippen molar-refractivity contribution in [2.75, 3.05) is 20.2 Å². The number of carbonyl (C=O) groups excluding carboxylic acids is 3. The van der Waals surface area contributed by atoms with Crippen LogP contribution in [0.1, 0.15) is 60.8 Å². The first-order chi connectivity index (χ1) is 12.0. The van der Waals surface area contributed by atoms with Crippen LogP contribution in [0.4, 0.5) is 4.79 Å². The second kappa shape index (κ2) is 6.83. The molecule has 2 rings (SSSR count). The van der Waals surface area contributed by atoms with Crippen LogP contribution in [-0.4, -0.2) is 64.5 Å². The Morgan fingerprint density at radius 1 is 1.23 bits per heavy atom. The van der Waals surface area contributed by atoms with E-state index in [1.165, 1.54) is 0 Å². The van der Waals surface area contributed by atoms with Crippen molar-refractivity contribution in [1.82, 2.24) is 15.1 Å². The molecule has 0 aromatic heterocycles. The Labute approximate surface area is 156 Å². The predicted octanol–water partition coefficient (Wildman–Crippen LogP) is 2.15. The SMILES string of the molecule is CCOC(=O)CN1C(=O)NC2(CC(C)(CC)N(C)C(C)(CC)C2C)C1=O. The molecule has 3 amide bonds. The van der Waals surface area contributed by atoms with Crippen molar-refractivity contribution in [3.05, 3.63) is 0 Å². The highest BCUT2D eigenvalue weighted by atomic mass is 16.5. The van der Waals surface area contributed by atoms with Crippen LogP contribution in [0.2, 0.25) is 0 Å². The fraction of sp³-hybridized carbons (Fsp3) is 0.842. The molecular weight excluding hydrogens is 334 g/mol. The quantitative estimate of drug-likeness (QED) is 0.595. The molecule has 2 heterocycles. The van der Waals surface area contributed by atoms with Gasteiger partial charge >= 0.3 is 12.0 Å². The van der Waals surface area contributed by atoms with Gasteiger partial charge in [-0.25, -0.2) is 4.79 Å². The van der Waals surface area contributed by atoms with Crippen molar-refractivity contribution in [3.63, 3.8) is 0 Å². The van der Waals surface area contributed by atoms with Gasteiger partial charge in [0.25, 0.3) is 5.91 Å². The average Bonchev–Trinajstić information content (AvgIpc) is 2.83. The number of nitrogens with zero attached hydrogens (tertiary/aromatic N) is 2. The molecule has 2 aliphatic heterocycles. The van der Waals surface area contributed by atoms with Gasteiger partial charge in [0.05, 0.1) is 6.61 Å². The largest absolute Gasteiger partial charge is 0.465 e. The number of amides is 3. The summed E-state index contributed by atoms with van der Waals surface area (Å²) in [5.41, 5.74) is -1.49. The minimum absolute atomic E-state index is 0.103. The molecular formula is C19H33N3O4. The maximum Gasteiger partial charge on any atom is 0.326 e. The molecule has 2 fully saturated rings. The first kappa shape index (κ1) is 20.7. The lowest BCUT2D eigenvalue weighted by molar-refractivity contribution is -0.155. The van der Waals surface area contributed by atoms with Crippen LogP contribution in [0.5, 0.6) is 0 Å². The van der Waals surface area contributed by atoms with Crippen LogP contribution in [0.3, 0.4) is 0 Å². The average molecular weight is 367 g/mol. The molecule has 148 valence electrons. The van der Waals surface area contributed by atoms with E-state index in [1.54, 1.807) is 6.92 Å². The number of hydrogen-bond acceptors (Lipinski definition) is 5. The van der Waals surface area contributed by atoms with E-state index >= 15 is 0 Å². The number of carbonyl (C=O) groups is 3. The van der Waals surface area contributed by atoms with Crippen molar-refractivity contribution >= 4 is 17.9 Å². The van der Waals surface area contributed by atoms with Gasteiger partial charge in [-0.2, -0.15) is 0 Å². The third-order valence-electron chi connectivity index (χ3n) is 7.18. The number of nitrogens with one attached hydrogen (secondary N) is 1. The van der Waals surface area contributed by atoms with E-state index in [0.717, 1.165) is 17.7 Å². The smallest absolute Gasteiger partial charge is 0.326 e.